The van der Waals surface area contributed by atoms with E-state index in [1.165, 1.54) is 25.9 Å². The van der Waals surface area contributed by atoms with Gasteiger partial charge >= 0.3 is 0 Å². The van der Waals surface area contributed by atoms with Crippen molar-refractivity contribution in [2.24, 2.45) is 11.3 Å². The molecule has 2 atom stereocenters. The molecule has 1 heterocycles. The maximum absolute atomic E-state index is 10.3. The van der Waals surface area contributed by atoms with Crippen molar-refractivity contribution in [2.75, 3.05) is 20.1 Å². The third-order valence-electron chi connectivity index (χ3n) is 3.32. The number of hydrogen-bond acceptors (Lipinski definition) is 2. The molecule has 62 valence electrons. The number of carbonyl (C=O) groups is 1. The zero-order valence-corrected chi connectivity index (χ0v) is 7.05. The first-order valence-corrected chi connectivity index (χ1v) is 4.39. The van der Waals surface area contributed by atoms with Gasteiger partial charge in [0.15, 0.2) is 0 Å². The highest BCUT2D eigenvalue weighted by molar-refractivity contribution is 5.51. The molecule has 0 radical (unpaired) electrons. The Morgan fingerprint density at radius 2 is 2.55 bits per heavy atom. The highest BCUT2D eigenvalue weighted by atomic mass is 16.1. The molecule has 1 saturated heterocycles. The molecule has 2 nitrogen and oxygen atoms in total. The lowest BCUT2D eigenvalue weighted by Crippen LogP contribution is -2.15. The van der Waals surface area contributed by atoms with Crippen molar-refractivity contribution in [3.63, 3.8) is 0 Å². The Bertz CT molecular complexity index is 180. The number of hydrogen-bond donors (Lipinski definition) is 0. The summed E-state index contributed by atoms with van der Waals surface area (Å²) < 4.78 is 0. The van der Waals surface area contributed by atoms with Crippen LogP contribution in [0.3, 0.4) is 0 Å². The lowest BCUT2D eigenvalue weighted by Gasteiger charge is -2.08. The van der Waals surface area contributed by atoms with Crippen LogP contribution in [0, 0.1) is 11.3 Å². The summed E-state index contributed by atoms with van der Waals surface area (Å²) in [5.74, 6) is 0.727. The van der Waals surface area contributed by atoms with Crippen molar-refractivity contribution >= 4 is 6.29 Å². The van der Waals surface area contributed by atoms with Gasteiger partial charge in [0.25, 0.3) is 0 Å². The quantitative estimate of drug-likeness (QED) is 0.550. The second-order valence-corrected chi connectivity index (χ2v) is 4.15. The van der Waals surface area contributed by atoms with E-state index in [1.54, 1.807) is 0 Å². The lowest BCUT2D eigenvalue weighted by atomic mass is 10.0. The number of rotatable bonds is 2. The van der Waals surface area contributed by atoms with Gasteiger partial charge in [-0.25, -0.2) is 0 Å². The van der Waals surface area contributed by atoms with Crippen molar-refractivity contribution in [2.45, 2.75) is 19.3 Å². The molecule has 1 aliphatic carbocycles. The van der Waals surface area contributed by atoms with E-state index in [0.717, 1.165) is 18.6 Å². The predicted molar refractivity (Wildman–Crippen MR) is 43.3 cm³/mol. The van der Waals surface area contributed by atoms with Crippen LogP contribution in [0.2, 0.25) is 0 Å². The first-order chi connectivity index (χ1) is 5.27. The van der Waals surface area contributed by atoms with E-state index in [1.807, 2.05) is 0 Å². The molecule has 1 aliphatic heterocycles. The molecule has 1 spiro atoms. The molecule has 2 aliphatic rings. The molecule has 0 aromatic carbocycles. The molecule has 0 bridgehead atoms. The van der Waals surface area contributed by atoms with Gasteiger partial charge in [-0.05, 0) is 37.8 Å². The minimum atomic E-state index is 0.579. The van der Waals surface area contributed by atoms with Crippen LogP contribution in [0.15, 0.2) is 0 Å². The summed E-state index contributed by atoms with van der Waals surface area (Å²) in [6, 6.07) is 0. The van der Waals surface area contributed by atoms with E-state index in [2.05, 4.69) is 11.9 Å². The topological polar surface area (TPSA) is 20.3 Å². The summed E-state index contributed by atoms with van der Waals surface area (Å²) in [6.07, 6.45) is 4.50. The van der Waals surface area contributed by atoms with Crippen LogP contribution < -0.4 is 0 Å². The Morgan fingerprint density at radius 3 is 3.09 bits per heavy atom. The zero-order valence-electron chi connectivity index (χ0n) is 7.05. The van der Waals surface area contributed by atoms with Gasteiger partial charge in [0.2, 0.25) is 0 Å². The van der Waals surface area contributed by atoms with E-state index in [0.29, 0.717) is 5.41 Å². The van der Waals surface area contributed by atoms with Gasteiger partial charge < -0.3 is 9.69 Å². The average molecular weight is 153 g/mol. The molecule has 2 fully saturated rings. The summed E-state index contributed by atoms with van der Waals surface area (Å²) in [5, 5.41) is 0. The fraction of sp³-hybridized carbons (Fsp3) is 0.889. The molecule has 0 amide bonds. The SMILES string of the molecule is CN1CCC2(CC2CC=O)C1. The first kappa shape index (κ1) is 7.29. The normalized spacial score (nSPS) is 43.2. The van der Waals surface area contributed by atoms with Crippen molar-refractivity contribution < 1.29 is 4.79 Å². The summed E-state index contributed by atoms with van der Waals surface area (Å²) in [7, 11) is 2.17. The molecule has 11 heavy (non-hydrogen) atoms. The fourth-order valence-corrected chi connectivity index (χ4v) is 2.49. The molecular formula is C9H15NO. The van der Waals surface area contributed by atoms with Crippen LogP contribution in [-0.4, -0.2) is 31.3 Å². The largest absolute Gasteiger partial charge is 0.306 e. The van der Waals surface area contributed by atoms with Gasteiger partial charge in [-0.3, -0.25) is 0 Å². The highest BCUT2D eigenvalue weighted by Crippen LogP contribution is 2.59. The summed E-state index contributed by atoms with van der Waals surface area (Å²) >= 11 is 0. The first-order valence-electron chi connectivity index (χ1n) is 4.39. The Morgan fingerprint density at radius 1 is 1.73 bits per heavy atom. The van der Waals surface area contributed by atoms with Crippen LogP contribution in [0.4, 0.5) is 0 Å². The van der Waals surface area contributed by atoms with E-state index in [-0.39, 0.29) is 0 Å². The van der Waals surface area contributed by atoms with Crippen molar-refractivity contribution in [1.82, 2.24) is 4.90 Å². The molecule has 0 aromatic heterocycles. The summed E-state index contributed by atoms with van der Waals surface area (Å²) in [4.78, 5) is 12.6. The predicted octanol–water partition coefficient (Wildman–Crippen LogP) is 0.917. The molecular weight excluding hydrogens is 138 g/mol. The summed E-state index contributed by atoms with van der Waals surface area (Å²) in [6.45, 7) is 2.46. The number of aldehydes is 1. The molecule has 2 heteroatoms. The Balaban J connectivity index is 1.91. The van der Waals surface area contributed by atoms with Crippen LogP contribution in [0.25, 0.3) is 0 Å². The van der Waals surface area contributed by atoms with Crippen molar-refractivity contribution in [3.05, 3.63) is 0 Å². The highest BCUT2D eigenvalue weighted by Gasteiger charge is 2.55. The maximum atomic E-state index is 10.3. The fourth-order valence-electron chi connectivity index (χ4n) is 2.49. The maximum Gasteiger partial charge on any atom is 0.120 e. The number of likely N-dealkylation sites (tertiary alicyclic amines) is 1. The van der Waals surface area contributed by atoms with Crippen molar-refractivity contribution in [1.29, 1.82) is 0 Å². The van der Waals surface area contributed by atoms with Crippen LogP contribution in [0.5, 0.6) is 0 Å². The summed E-state index contributed by atoms with van der Waals surface area (Å²) in [5.41, 5.74) is 0.579. The lowest BCUT2D eigenvalue weighted by molar-refractivity contribution is -0.108. The van der Waals surface area contributed by atoms with Gasteiger partial charge in [0.1, 0.15) is 6.29 Å². The molecule has 1 saturated carbocycles. The van der Waals surface area contributed by atoms with Gasteiger partial charge in [-0.2, -0.15) is 0 Å². The molecule has 2 rings (SSSR count). The van der Waals surface area contributed by atoms with Gasteiger partial charge in [0, 0.05) is 13.0 Å². The Hall–Kier alpha value is -0.370. The van der Waals surface area contributed by atoms with Crippen LogP contribution >= 0.6 is 0 Å². The minimum Gasteiger partial charge on any atom is -0.306 e. The second-order valence-electron chi connectivity index (χ2n) is 4.15. The Labute approximate surface area is 67.6 Å². The monoisotopic (exact) mass is 153 g/mol. The van der Waals surface area contributed by atoms with Crippen LogP contribution in [0.1, 0.15) is 19.3 Å². The van der Waals surface area contributed by atoms with Gasteiger partial charge in [0.05, 0.1) is 0 Å². The van der Waals surface area contributed by atoms with E-state index in [4.69, 9.17) is 0 Å². The number of nitrogens with zero attached hydrogens (tertiary/aromatic N) is 1. The third kappa shape index (κ3) is 1.09. The molecule has 2 unspecified atom stereocenters. The number of carbonyl (C=O) groups excluding carboxylic acids is 1. The van der Waals surface area contributed by atoms with E-state index in [9.17, 15) is 4.79 Å². The zero-order chi connectivity index (χ0) is 7.90. The smallest absolute Gasteiger partial charge is 0.120 e. The third-order valence-corrected chi connectivity index (χ3v) is 3.32. The minimum absolute atomic E-state index is 0.579. The van der Waals surface area contributed by atoms with E-state index >= 15 is 0 Å². The second kappa shape index (κ2) is 2.31. The van der Waals surface area contributed by atoms with Gasteiger partial charge in [-0.15, -0.1) is 0 Å². The van der Waals surface area contributed by atoms with Crippen molar-refractivity contribution in [3.8, 4) is 0 Å². The molecule has 0 aromatic rings. The van der Waals surface area contributed by atoms with Gasteiger partial charge in [-0.1, -0.05) is 0 Å². The standard InChI is InChI=1S/C9H15NO/c1-10-4-3-9(7-10)6-8(9)2-5-11/h5,8H,2-4,6-7H2,1H3. The van der Waals surface area contributed by atoms with Crippen LogP contribution in [-0.2, 0) is 4.79 Å². The average Bonchev–Trinajstić information content (AvgIpc) is 2.46. The molecule has 0 N–H and O–H groups in total. The van der Waals surface area contributed by atoms with E-state index < -0.39 is 0 Å². The Kier molecular flexibility index (Phi) is 1.53.